The quantitative estimate of drug-likeness (QED) is 0.736. The van der Waals surface area contributed by atoms with Crippen molar-refractivity contribution in [2.75, 3.05) is 19.6 Å². The summed E-state index contributed by atoms with van der Waals surface area (Å²) in [4.78, 5) is 43.1. The Bertz CT molecular complexity index is 963. The van der Waals surface area contributed by atoms with Crippen molar-refractivity contribution in [2.24, 2.45) is 11.8 Å². The molecule has 0 saturated carbocycles. The van der Waals surface area contributed by atoms with Gasteiger partial charge in [-0.3, -0.25) is 14.4 Å². The fourth-order valence-corrected chi connectivity index (χ4v) is 5.18. The third-order valence-electron chi connectivity index (χ3n) is 6.82. The van der Waals surface area contributed by atoms with Gasteiger partial charge in [0.2, 0.25) is 17.7 Å². The standard InChI is InChI=1S/C27H33N3O3/c1-2-28-26(32)22-14-9-17-29(19-22)27(33)23-15-16-24(31)30(18-20-10-5-3-6-11-20)25(23)21-12-7-4-8-13-21/h3-8,10-13,22-23,25H,2,9,14-19H2,1H3,(H,28,32). The largest absolute Gasteiger partial charge is 0.356 e. The summed E-state index contributed by atoms with van der Waals surface area (Å²) in [6, 6.07) is 19.5. The first-order valence-corrected chi connectivity index (χ1v) is 12.0. The highest BCUT2D eigenvalue weighted by molar-refractivity contribution is 5.86. The Morgan fingerprint density at radius 3 is 2.39 bits per heavy atom. The molecule has 2 aliphatic rings. The van der Waals surface area contributed by atoms with E-state index in [-0.39, 0.29) is 35.6 Å². The molecule has 3 unspecified atom stereocenters. The molecule has 0 bridgehead atoms. The normalized spacial score (nSPS) is 23.3. The van der Waals surface area contributed by atoms with Gasteiger partial charge in [0.25, 0.3) is 0 Å². The summed E-state index contributed by atoms with van der Waals surface area (Å²) < 4.78 is 0. The molecule has 4 rings (SSSR count). The van der Waals surface area contributed by atoms with Crippen LogP contribution in [-0.4, -0.2) is 47.2 Å². The van der Waals surface area contributed by atoms with Gasteiger partial charge in [-0.05, 0) is 37.3 Å². The maximum Gasteiger partial charge on any atom is 0.228 e. The zero-order valence-electron chi connectivity index (χ0n) is 19.3. The molecular weight excluding hydrogens is 414 g/mol. The monoisotopic (exact) mass is 447 g/mol. The van der Waals surface area contributed by atoms with E-state index in [0.29, 0.717) is 39.0 Å². The highest BCUT2D eigenvalue weighted by Gasteiger charge is 2.43. The molecule has 0 radical (unpaired) electrons. The average Bonchev–Trinajstić information content (AvgIpc) is 2.86. The molecule has 33 heavy (non-hydrogen) atoms. The number of nitrogens with zero attached hydrogens (tertiary/aromatic N) is 2. The number of nitrogens with one attached hydrogen (secondary N) is 1. The van der Waals surface area contributed by atoms with Gasteiger partial charge in [0.15, 0.2) is 0 Å². The fraction of sp³-hybridized carbons (Fsp3) is 0.444. The lowest BCUT2D eigenvalue weighted by Gasteiger charge is -2.43. The van der Waals surface area contributed by atoms with Crippen LogP contribution in [0, 0.1) is 11.8 Å². The van der Waals surface area contributed by atoms with Crippen molar-refractivity contribution < 1.29 is 14.4 Å². The van der Waals surface area contributed by atoms with Crippen molar-refractivity contribution in [1.29, 1.82) is 0 Å². The van der Waals surface area contributed by atoms with Crippen molar-refractivity contribution in [1.82, 2.24) is 15.1 Å². The van der Waals surface area contributed by atoms with E-state index in [1.165, 1.54) is 0 Å². The number of hydrogen-bond acceptors (Lipinski definition) is 3. The molecule has 6 nitrogen and oxygen atoms in total. The Labute approximate surface area is 196 Å². The number of carbonyl (C=O) groups excluding carboxylic acids is 3. The summed E-state index contributed by atoms with van der Waals surface area (Å²) in [5.74, 6) is -0.316. The molecule has 3 amide bonds. The van der Waals surface area contributed by atoms with Crippen molar-refractivity contribution >= 4 is 17.7 Å². The van der Waals surface area contributed by atoms with E-state index in [1.807, 2.05) is 77.4 Å². The number of benzene rings is 2. The molecule has 0 aromatic heterocycles. The minimum atomic E-state index is -0.318. The molecule has 2 aromatic rings. The van der Waals surface area contributed by atoms with Gasteiger partial charge in [0.05, 0.1) is 17.9 Å². The first-order valence-electron chi connectivity index (χ1n) is 12.0. The first kappa shape index (κ1) is 23.0. The van der Waals surface area contributed by atoms with E-state index in [9.17, 15) is 14.4 Å². The van der Waals surface area contributed by atoms with E-state index >= 15 is 0 Å². The van der Waals surface area contributed by atoms with Crippen molar-refractivity contribution in [3.8, 4) is 0 Å². The number of rotatable bonds is 6. The molecule has 2 fully saturated rings. The Morgan fingerprint density at radius 2 is 1.70 bits per heavy atom. The minimum Gasteiger partial charge on any atom is -0.356 e. The van der Waals surface area contributed by atoms with E-state index in [1.54, 1.807) is 0 Å². The summed E-state index contributed by atoms with van der Waals surface area (Å²) in [6.45, 7) is 4.10. The van der Waals surface area contributed by atoms with Gasteiger partial charge in [-0.1, -0.05) is 60.7 Å². The summed E-state index contributed by atoms with van der Waals surface area (Å²) in [6.07, 6.45) is 2.52. The Morgan fingerprint density at radius 1 is 1.00 bits per heavy atom. The summed E-state index contributed by atoms with van der Waals surface area (Å²) in [5, 5.41) is 2.90. The van der Waals surface area contributed by atoms with Crippen LogP contribution < -0.4 is 5.32 Å². The zero-order valence-corrected chi connectivity index (χ0v) is 19.3. The van der Waals surface area contributed by atoms with E-state index in [0.717, 1.165) is 24.0 Å². The van der Waals surface area contributed by atoms with E-state index in [2.05, 4.69) is 5.32 Å². The van der Waals surface area contributed by atoms with Crippen LogP contribution in [0.25, 0.3) is 0 Å². The second-order valence-corrected chi connectivity index (χ2v) is 9.03. The molecule has 2 aromatic carbocycles. The summed E-state index contributed by atoms with van der Waals surface area (Å²) in [5.41, 5.74) is 2.03. The second kappa shape index (κ2) is 10.6. The fourth-order valence-electron chi connectivity index (χ4n) is 5.18. The van der Waals surface area contributed by atoms with Crippen molar-refractivity contribution in [3.05, 3.63) is 71.8 Å². The van der Waals surface area contributed by atoms with Gasteiger partial charge < -0.3 is 15.1 Å². The van der Waals surface area contributed by atoms with Crippen LogP contribution in [0.2, 0.25) is 0 Å². The average molecular weight is 448 g/mol. The molecule has 174 valence electrons. The maximum atomic E-state index is 13.8. The van der Waals surface area contributed by atoms with Crippen LogP contribution >= 0.6 is 0 Å². The summed E-state index contributed by atoms with van der Waals surface area (Å²) in [7, 11) is 0. The maximum absolute atomic E-state index is 13.8. The SMILES string of the molecule is CCNC(=O)C1CCCN(C(=O)C2CCC(=O)N(Cc3ccccc3)C2c2ccccc2)C1. The van der Waals surface area contributed by atoms with Gasteiger partial charge in [-0.15, -0.1) is 0 Å². The molecule has 0 spiro atoms. The van der Waals surface area contributed by atoms with Crippen LogP contribution in [0.5, 0.6) is 0 Å². The Kier molecular flexibility index (Phi) is 7.43. The van der Waals surface area contributed by atoms with Crippen LogP contribution in [-0.2, 0) is 20.9 Å². The molecule has 0 aliphatic carbocycles. The van der Waals surface area contributed by atoms with Crippen LogP contribution in [0.4, 0.5) is 0 Å². The predicted octanol–water partition coefficient (Wildman–Crippen LogP) is 3.54. The van der Waals surface area contributed by atoms with Crippen LogP contribution in [0.3, 0.4) is 0 Å². The molecule has 3 atom stereocenters. The zero-order chi connectivity index (χ0) is 23.2. The van der Waals surface area contributed by atoms with Crippen molar-refractivity contribution in [3.63, 3.8) is 0 Å². The number of likely N-dealkylation sites (tertiary alicyclic amines) is 2. The Hall–Kier alpha value is -3.15. The topological polar surface area (TPSA) is 69.7 Å². The van der Waals surface area contributed by atoms with Crippen molar-refractivity contribution in [2.45, 2.75) is 45.2 Å². The predicted molar refractivity (Wildman–Crippen MR) is 127 cm³/mol. The highest BCUT2D eigenvalue weighted by Crippen LogP contribution is 2.39. The number of amides is 3. The van der Waals surface area contributed by atoms with E-state index < -0.39 is 0 Å². The third kappa shape index (κ3) is 5.27. The first-order chi connectivity index (χ1) is 16.1. The smallest absolute Gasteiger partial charge is 0.228 e. The Balaban J connectivity index is 1.60. The van der Waals surface area contributed by atoms with Gasteiger partial charge in [0.1, 0.15) is 0 Å². The molecule has 2 aliphatic heterocycles. The molecule has 6 heteroatoms. The number of piperidine rings is 2. The van der Waals surface area contributed by atoms with Gasteiger partial charge in [-0.2, -0.15) is 0 Å². The lowest BCUT2D eigenvalue weighted by atomic mass is 9.82. The van der Waals surface area contributed by atoms with Crippen LogP contribution in [0.1, 0.15) is 49.8 Å². The second-order valence-electron chi connectivity index (χ2n) is 9.03. The molecule has 2 saturated heterocycles. The van der Waals surface area contributed by atoms with Gasteiger partial charge in [-0.25, -0.2) is 0 Å². The molecule has 1 N–H and O–H groups in total. The lowest BCUT2D eigenvalue weighted by molar-refractivity contribution is -0.150. The summed E-state index contributed by atoms with van der Waals surface area (Å²) >= 11 is 0. The van der Waals surface area contributed by atoms with E-state index in [4.69, 9.17) is 0 Å². The molecule has 2 heterocycles. The van der Waals surface area contributed by atoms with Crippen LogP contribution in [0.15, 0.2) is 60.7 Å². The molecular formula is C27H33N3O3. The lowest BCUT2D eigenvalue weighted by Crippen LogP contribution is -2.52. The van der Waals surface area contributed by atoms with Gasteiger partial charge in [0, 0.05) is 32.6 Å². The number of hydrogen-bond donors (Lipinski definition) is 1. The third-order valence-corrected chi connectivity index (χ3v) is 6.82. The van der Waals surface area contributed by atoms with Gasteiger partial charge >= 0.3 is 0 Å². The minimum absolute atomic E-state index is 0.0270. The number of carbonyl (C=O) groups is 3. The highest BCUT2D eigenvalue weighted by atomic mass is 16.2.